The summed E-state index contributed by atoms with van der Waals surface area (Å²) in [4.78, 5) is 19.2. The number of carbonyl (C=O) groups excluding carboxylic acids is 1. The van der Waals surface area contributed by atoms with Crippen LogP contribution in [0.5, 0.6) is 0 Å². The lowest BCUT2D eigenvalue weighted by molar-refractivity contribution is -0.123. The molecule has 0 radical (unpaired) electrons. The van der Waals surface area contributed by atoms with Crippen LogP contribution in [0.2, 0.25) is 0 Å². The predicted octanol–water partition coefficient (Wildman–Crippen LogP) is 1.77. The van der Waals surface area contributed by atoms with E-state index >= 15 is 0 Å². The van der Waals surface area contributed by atoms with Crippen LogP contribution in [0.15, 0.2) is 18.3 Å². The molecular weight excluding hydrogens is 375 g/mol. The Labute approximate surface area is 167 Å². The van der Waals surface area contributed by atoms with Crippen LogP contribution in [-0.2, 0) is 16.1 Å². The van der Waals surface area contributed by atoms with Gasteiger partial charge in [0.15, 0.2) is 0 Å². The Hall–Kier alpha value is -1.08. The molecule has 1 spiro atoms. The standard InChI is InChI=1S/C18H26N4O2.2ClH/c23-17(15-12-18(15)2-5-19-6-3-18)21-13-14-1-4-20-16(11-14)22-7-9-24-10-8-22;;/h1,4,11,15,19H,2-3,5-10,12-13H2,(H,21,23);2*1H. The molecule has 1 amide bonds. The van der Waals surface area contributed by atoms with Crippen LogP contribution in [0.4, 0.5) is 5.82 Å². The fourth-order valence-corrected chi connectivity index (χ4v) is 4.04. The normalized spacial score (nSPS) is 23.5. The van der Waals surface area contributed by atoms with E-state index in [1.165, 1.54) is 0 Å². The van der Waals surface area contributed by atoms with Crippen molar-refractivity contribution in [1.29, 1.82) is 0 Å². The zero-order valence-corrected chi connectivity index (χ0v) is 16.5. The summed E-state index contributed by atoms with van der Waals surface area (Å²) >= 11 is 0. The molecule has 2 N–H and O–H groups in total. The van der Waals surface area contributed by atoms with Gasteiger partial charge in [0.25, 0.3) is 0 Å². The molecule has 0 bridgehead atoms. The van der Waals surface area contributed by atoms with E-state index in [1.54, 1.807) is 0 Å². The van der Waals surface area contributed by atoms with Gasteiger partial charge in [-0.25, -0.2) is 4.98 Å². The number of nitrogens with one attached hydrogen (secondary N) is 2. The average molecular weight is 403 g/mol. The second-order valence-corrected chi connectivity index (χ2v) is 7.21. The van der Waals surface area contributed by atoms with E-state index < -0.39 is 0 Å². The summed E-state index contributed by atoms with van der Waals surface area (Å²) in [5.41, 5.74) is 1.41. The second-order valence-electron chi connectivity index (χ2n) is 7.21. The van der Waals surface area contributed by atoms with Gasteiger partial charge in [0.05, 0.1) is 13.2 Å². The van der Waals surface area contributed by atoms with Crippen LogP contribution in [0, 0.1) is 11.3 Å². The molecule has 1 aromatic rings. The maximum Gasteiger partial charge on any atom is 0.223 e. The van der Waals surface area contributed by atoms with E-state index in [-0.39, 0.29) is 36.6 Å². The van der Waals surface area contributed by atoms with Gasteiger partial charge in [-0.05, 0) is 55.5 Å². The van der Waals surface area contributed by atoms with Crippen molar-refractivity contribution in [3.8, 4) is 0 Å². The molecule has 3 heterocycles. The number of amides is 1. The third-order valence-electron chi connectivity index (χ3n) is 5.72. The Morgan fingerprint density at radius 1 is 1.31 bits per heavy atom. The smallest absolute Gasteiger partial charge is 0.223 e. The number of hydrogen-bond acceptors (Lipinski definition) is 5. The zero-order valence-electron chi connectivity index (χ0n) is 14.9. The highest BCUT2D eigenvalue weighted by Gasteiger charge is 2.57. The van der Waals surface area contributed by atoms with E-state index in [0.29, 0.717) is 12.0 Å². The lowest BCUT2D eigenvalue weighted by Crippen LogP contribution is -2.36. The lowest BCUT2D eigenvalue weighted by Gasteiger charge is -2.28. The Morgan fingerprint density at radius 2 is 2.04 bits per heavy atom. The number of pyridine rings is 1. The highest BCUT2D eigenvalue weighted by Crippen LogP contribution is 2.58. The van der Waals surface area contributed by atoms with Gasteiger partial charge < -0.3 is 20.3 Å². The third-order valence-corrected chi connectivity index (χ3v) is 5.72. The number of ether oxygens (including phenoxy) is 1. The minimum absolute atomic E-state index is 0. The fraction of sp³-hybridized carbons (Fsp3) is 0.667. The van der Waals surface area contributed by atoms with Crippen molar-refractivity contribution in [2.24, 2.45) is 11.3 Å². The summed E-state index contributed by atoms with van der Waals surface area (Å²) < 4.78 is 5.39. The monoisotopic (exact) mass is 402 g/mol. The summed E-state index contributed by atoms with van der Waals surface area (Å²) in [7, 11) is 0. The Balaban J connectivity index is 0.00000121. The largest absolute Gasteiger partial charge is 0.378 e. The van der Waals surface area contributed by atoms with Gasteiger partial charge in [-0.2, -0.15) is 0 Å². The molecular formula is C18H28Cl2N4O2. The highest BCUT2D eigenvalue weighted by atomic mass is 35.5. The van der Waals surface area contributed by atoms with Gasteiger partial charge in [0, 0.05) is 31.7 Å². The first-order chi connectivity index (χ1) is 11.8. The minimum Gasteiger partial charge on any atom is -0.378 e. The first kappa shape index (κ1) is 21.2. The predicted molar refractivity (Wildman–Crippen MR) is 106 cm³/mol. The molecule has 2 saturated heterocycles. The number of nitrogens with zero attached hydrogens (tertiary/aromatic N) is 2. The summed E-state index contributed by atoms with van der Waals surface area (Å²) in [6, 6.07) is 4.07. The zero-order chi connectivity index (χ0) is 16.4. The SMILES string of the molecule is Cl.Cl.O=C(NCc1ccnc(N2CCOCC2)c1)C1CC12CCNCC2. The highest BCUT2D eigenvalue weighted by molar-refractivity contribution is 5.85. The van der Waals surface area contributed by atoms with E-state index in [0.717, 1.165) is 70.0 Å². The topological polar surface area (TPSA) is 66.5 Å². The Kier molecular flexibility index (Phi) is 7.52. The molecule has 8 heteroatoms. The number of morpholine rings is 1. The number of carbonyl (C=O) groups is 1. The van der Waals surface area contributed by atoms with Crippen LogP contribution in [0.3, 0.4) is 0 Å². The van der Waals surface area contributed by atoms with Gasteiger partial charge >= 0.3 is 0 Å². The number of rotatable bonds is 4. The van der Waals surface area contributed by atoms with Crippen LogP contribution in [0.25, 0.3) is 0 Å². The molecule has 6 nitrogen and oxygen atoms in total. The number of aromatic nitrogens is 1. The van der Waals surface area contributed by atoms with Gasteiger partial charge in [-0.3, -0.25) is 4.79 Å². The van der Waals surface area contributed by atoms with Crippen molar-refractivity contribution in [2.75, 3.05) is 44.3 Å². The molecule has 1 aliphatic carbocycles. The van der Waals surface area contributed by atoms with E-state index in [2.05, 4.69) is 26.6 Å². The van der Waals surface area contributed by atoms with Gasteiger partial charge in [0.1, 0.15) is 5.82 Å². The average Bonchev–Trinajstić information content (AvgIpc) is 3.34. The summed E-state index contributed by atoms with van der Waals surface area (Å²) in [6.45, 7) is 5.95. The Morgan fingerprint density at radius 3 is 2.77 bits per heavy atom. The summed E-state index contributed by atoms with van der Waals surface area (Å²) in [5, 5.41) is 6.52. The van der Waals surface area contributed by atoms with Crippen LogP contribution in [0.1, 0.15) is 24.8 Å². The van der Waals surface area contributed by atoms with Crippen molar-refractivity contribution in [1.82, 2.24) is 15.6 Å². The summed E-state index contributed by atoms with van der Waals surface area (Å²) in [5.74, 6) is 1.42. The van der Waals surface area contributed by atoms with Crippen LogP contribution < -0.4 is 15.5 Å². The lowest BCUT2D eigenvalue weighted by atomic mass is 9.92. The molecule has 1 unspecified atom stereocenters. The van der Waals surface area contributed by atoms with Gasteiger partial charge in [-0.1, -0.05) is 0 Å². The van der Waals surface area contributed by atoms with Crippen LogP contribution in [-0.4, -0.2) is 50.3 Å². The number of halogens is 2. The molecule has 1 saturated carbocycles. The molecule has 26 heavy (non-hydrogen) atoms. The first-order valence-corrected chi connectivity index (χ1v) is 9.03. The summed E-state index contributed by atoms with van der Waals surface area (Å²) in [6.07, 6.45) is 5.18. The number of anilines is 1. The van der Waals surface area contributed by atoms with E-state index in [9.17, 15) is 4.79 Å². The minimum atomic E-state index is 0. The van der Waals surface area contributed by atoms with E-state index in [1.807, 2.05) is 12.3 Å². The molecule has 0 aromatic carbocycles. The van der Waals surface area contributed by atoms with E-state index in [4.69, 9.17) is 4.74 Å². The van der Waals surface area contributed by atoms with Crippen molar-refractivity contribution < 1.29 is 9.53 Å². The van der Waals surface area contributed by atoms with Crippen molar-refractivity contribution in [2.45, 2.75) is 25.8 Å². The maximum atomic E-state index is 12.5. The van der Waals surface area contributed by atoms with Crippen molar-refractivity contribution >= 4 is 36.5 Å². The molecule has 146 valence electrons. The molecule has 3 aliphatic rings. The van der Waals surface area contributed by atoms with Crippen molar-refractivity contribution in [3.63, 3.8) is 0 Å². The third kappa shape index (κ3) is 4.60. The second kappa shape index (κ2) is 9.22. The quantitative estimate of drug-likeness (QED) is 0.802. The molecule has 3 fully saturated rings. The number of piperidine rings is 1. The molecule has 2 aliphatic heterocycles. The first-order valence-electron chi connectivity index (χ1n) is 9.03. The molecule has 1 aromatic heterocycles. The maximum absolute atomic E-state index is 12.5. The molecule has 1 atom stereocenters. The van der Waals surface area contributed by atoms with Crippen molar-refractivity contribution in [3.05, 3.63) is 23.9 Å². The van der Waals surface area contributed by atoms with Gasteiger partial charge in [-0.15, -0.1) is 24.8 Å². The number of hydrogen-bond donors (Lipinski definition) is 2. The Bertz CT molecular complexity index is 605. The fourth-order valence-electron chi connectivity index (χ4n) is 4.04. The van der Waals surface area contributed by atoms with Crippen LogP contribution >= 0.6 is 24.8 Å². The molecule has 4 rings (SSSR count). The van der Waals surface area contributed by atoms with Gasteiger partial charge in [0.2, 0.25) is 5.91 Å².